The molecule has 0 saturated carbocycles. The van der Waals surface area contributed by atoms with Crippen molar-refractivity contribution in [2.75, 3.05) is 30.7 Å². The number of nitrogens with two attached hydrogens (primary N) is 1. The number of thioether (sulfide) groups is 1. The summed E-state index contributed by atoms with van der Waals surface area (Å²) in [6.45, 7) is 2.23. The fourth-order valence-corrected chi connectivity index (χ4v) is 4.13. The monoisotopic (exact) mass is 383 g/mol. The SMILES string of the molecule is NC(=O)CSc1ccccc1NC(=O)CN1CCC(c2ccccc2)CC1. The van der Waals surface area contributed by atoms with E-state index >= 15 is 0 Å². The molecule has 3 N–H and O–H groups in total. The lowest BCUT2D eigenvalue weighted by Gasteiger charge is -2.31. The van der Waals surface area contributed by atoms with Gasteiger partial charge in [0.15, 0.2) is 0 Å². The number of primary amides is 1. The molecule has 6 heteroatoms. The highest BCUT2D eigenvalue weighted by molar-refractivity contribution is 8.00. The molecule has 1 saturated heterocycles. The molecule has 1 fully saturated rings. The van der Waals surface area contributed by atoms with Gasteiger partial charge in [-0.25, -0.2) is 0 Å². The highest BCUT2D eigenvalue weighted by atomic mass is 32.2. The van der Waals surface area contributed by atoms with Gasteiger partial charge in [0.1, 0.15) is 0 Å². The molecular weight excluding hydrogens is 358 g/mol. The summed E-state index contributed by atoms with van der Waals surface area (Å²) in [7, 11) is 0. The number of carbonyl (C=O) groups is 2. The Morgan fingerprint density at radius 1 is 1.04 bits per heavy atom. The summed E-state index contributed by atoms with van der Waals surface area (Å²) in [4.78, 5) is 26.5. The average molecular weight is 384 g/mol. The molecule has 0 aliphatic carbocycles. The zero-order chi connectivity index (χ0) is 19.1. The Hall–Kier alpha value is -2.31. The van der Waals surface area contributed by atoms with Crippen LogP contribution in [0.1, 0.15) is 24.3 Å². The van der Waals surface area contributed by atoms with Gasteiger partial charge in [-0.2, -0.15) is 0 Å². The van der Waals surface area contributed by atoms with Gasteiger partial charge in [0.25, 0.3) is 0 Å². The van der Waals surface area contributed by atoms with Gasteiger partial charge in [-0.05, 0) is 49.5 Å². The molecule has 27 heavy (non-hydrogen) atoms. The maximum Gasteiger partial charge on any atom is 0.238 e. The molecule has 5 nitrogen and oxygen atoms in total. The fraction of sp³-hybridized carbons (Fsp3) is 0.333. The number of rotatable bonds is 7. The van der Waals surface area contributed by atoms with Crippen molar-refractivity contribution >= 4 is 29.3 Å². The Labute approximate surface area is 164 Å². The zero-order valence-electron chi connectivity index (χ0n) is 15.3. The van der Waals surface area contributed by atoms with Crippen LogP contribution in [0.2, 0.25) is 0 Å². The quantitative estimate of drug-likeness (QED) is 0.721. The molecule has 2 aromatic rings. The number of nitrogens with one attached hydrogen (secondary N) is 1. The average Bonchev–Trinajstić information content (AvgIpc) is 2.68. The number of hydrogen-bond acceptors (Lipinski definition) is 4. The van der Waals surface area contributed by atoms with Crippen LogP contribution in [0.15, 0.2) is 59.5 Å². The number of amides is 2. The van der Waals surface area contributed by atoms with Crippen molar-refractivity contribution in [3.63, 3.8) is 0 Å². The molecule has 1 heterocycles. The first-order chi connectivity index (χ1) is 13.1. The van der Waals surface area contributed by atoms with Gasteiger partial charge in [-0.3, -0.25) is 14.5 Å². The highest BCUT2D eigenvalue weighted by Gasteiger charge is 2.22. The normalized spacial score (nSPS) is 15.4. The Bertz CT molecular complexity index is 774. The standard InChI is InChI=1S/C21H25N3O2S/c22-20(25)15-27-19-9-5-4-8-18(19)23-21(26)14-24-12-10-17(11-13-24)16-6-2-1-3-7-16/h1-9,17H,10-15H2,(H2,22,25)(H,23,26). The molecule has 0 bridgehead atoms. The van der Waals surface area contributed by atoms with Crippen molar-refractivity contribution in [3.8, 4) is 0 Å². The summed E-state index contributed by atoms with van der Waals surface area (Å²) in [6.07, 6.45) is 2.14. The second kappa shape index (κ2) is 9.58. The molecule has 1 aliphatic rings. The fourth-order valence-electron chi connectivity index (χ4n) is 3.39. The van der Waals surface area contributed by atoms with Crippen molar-refractivity contribution in [3.05, 3.63) is 60.2 Å². The smallest absolute Gasteiger partial charge is 0.238 e. The van der Waals surface area contributed by atoms with E-state index in [-0.39, 0.29) is 17.6 Å². The summed E-state index contributed by atoms with van der Waals surface area (Å²) in [5.74, 6) is 0.374. The molecular formula is C21H25N3O2S. The third-order valence-electron chi connectivity index (χ3n) is 4.76. The number of piperidine rings is 1. The lowest BCUT2D eigenvalue weighted by Crippen LogP contribution is -2.38. The number of para-hydroxylation sites is 1. The first-order valence-corrected chi connectivity index (χ1v) is 10.2. The predicted octanol–water partition coefficient (Wildman–Crippen LogP) is 3.08. The Kier molecular flexibility index (Phi) is 6.90. The summed E-state index contributed by atoms with van der Waals surface area (Å²) in [5.41, 5.74) is 7.34. The Balaban J connectivity index is 1.50. The van der Waals surface area contributed by atoms with Crippen LogP contribution in [0, 0.1) is 0 Å². The highest BCUT2D eigenvalue weighted by Crippen LogP contribution is 2.28. The lowest BCUT2D eigenvalue weighted by molar-refractivity contribution is -0.117. The molecule has 0 aromatic heterocycles. The van der Waals surface area contributed by atoms with E-state index in [1.807, 2.05) is 30.3 Å². The van der Waals surface area contributed by atoms with Gasteiger partial charge in [0, 0.05) is 4.90 Å². The van der Waals surface area contributed by atoms with Gasteiger partial charge >= 0.3 is 0 Å². The van der Waals surface area contributed by atoms with Gasteiger partial charge in [-0.15, -0.1) is 11.8 Å². The van der Waals surface area contributed by atoms with Crippen molar-refractivity contribution in [1.82, 2.24) is 4.90 Å². The molecule has 0 atom stereocenters. The summed E-state index contributed by atoms with van der Waals surface area (Å²) in [6, 6.07) is 18.1. The summed E-state index contributed by atoms with van der Waals surface area (Å²) in [5, 5.41) is 2.97. The van der Waals surface area contributed by atoms with E-state index in [0.29, 0.717) is 12.5 Å². The third-order valence-corrected chi connectivity index (χ3v) is 5.85. The predicted molar refractivity (Wildman–Crippen MR) is 110 cm³/mol. The van der Waals surface area contributed by atoms with E-state index in [2.05, 4.69) is 34.5 Å². The third kappa shape index (κ3) is 5.84. The number of benzene rings is 2. The number of hydrogen-bond donors (Lipinski definition) is 2. The van der Waals surface area contributed by atoms with Crippen molar-refractivity contribution in [2.45, 2.75) is 23.7 Å². The maximum absolute atomic E-state index is 12.5. The zero-order valence-corrected chi connectivity index (χ0v) is 16.1. The van der Waals surface area contributed by atoms with E-state index in [1.54, 1.807) is 0 Å². The molecule has 3 rings (SSSR count). The Morgan fingerprint density at radius 2 is 1.70 bits per heavy atom. The van der Waals surface area contributed by atoms with E-state index in [9.17, 15) is 9.59 Å². The van der Waals surface area contributed by atoms with Crippen LogP contribution in [0.5, 0.6) is 0 Å². The topological polar surface area (TPSA) is 75.4 Å². The van der Waals surface area contributed by atoms with E-state index in [0.717, 1.165) is 36.5 Å². The van der Waals surface area contributed by atoms with Gasteiger partial charge in [0.2, 0.25) is 11.8 Å². The molecule has 2 amide bonds. The second-order valence-corrected chi connectivity index (χ2v) is 7.78. The van der Waals surface area contributed by atoms with Crippen LogP contribution < -0.4 is 11.1 Å². The number of nitrogens with zero attached hydrogens (tertiary/aromatic N) is 1. The van der Waals surface area contributed by atoms with Crippen molar-refractivity contribution in [2.24, 2.45) is 5.73 Å². The van der Waals surface area contributed by atoms with Gasteiger partial charge in [-0.1, -0.05) is 42.5 Å². The molecule has 2 aromatic carbocycles. The molecule has 1 aliphatic heterocycles. The van der Waals surface area contributed by atoms with Crippen LogP contribution in [0.3, 0.4) is 0 Å². The van der Waals surface area contributed by atoms with Crippen molar-refractivity contribution in [1.29, 1.82) is 0 Å². The number of carbonyl (C=O) groups excluding carboxylic acids is 2. The first-order valence-electron chi connectivity index (χ1n) is 9.19. The minimum atomic E-state index is -0.373. The molecule has 0 spiro atoms. The van der Waals surface area contributed by atoms with E-state index < -0.39 is 0 Å². The minimum Gasteiger partial charge on any atom is -0.369 e. The molecule has 0 unspecified atom stereocenters. The largest absolute Gasteiger partial charge is 0.369 e. The first kappa shape index (κ1) is 19.5. The molecule has 142 valence electrons. The molecule has 0 radical (unpaired) electrons. The maximum atomic E-state index is 12.5. The van der Waals surface area contributed by atoms with Gasteiger partial charge < -0.3 is 11.1 Å². The minimum absolute atomic E-state index is 0.0275. The van der Waals surface area contributed by atoms with Crippen LogP contribution in [0.25, 0.3) is 0 Å². The second-order valence-electron chi connectivity index (χ2n) is 6.76. The van der Waals surface area contributed by atoms with Crippen LogP contribution in [-0.2, 0) is 9.59 Å². The van der Waals surface area contributed by atoms with Crippen LogP contribution in [0.4, 0.5) is 5.69 Å². The summed E-state index contributed by atoms with van der Waals surface area (Å²) >= 11 is 1.34. The van der Waals surface area contributed by atoms with Gasteiger partial charge in [0.05, 0.1) is 18.0 Å². The number of likely N-dealkylation sites (tertiary alicyclic amines) is 1. The Morgan fingerprint density at radius 3 is 2.41 bits per heavy atom. The van der Waals surface area contributed by atoms with Crippen LogP contribution >= 0.6 is 11.8 Å². The van der Waals surface area contributed by atoms with Crippen molar-refractivity contribution < 1.29 is 9.59 Å². The van der Waals surface area contributed by atoms with E-state index in [1.165, 1.54) is 17.3 Å². The van der Waals surface area contributed by atoms with Crippen LogP contribution in [-0.4, -0.2) is 42.1 Å². The summed E-state index contributed by atoms with van der Waals surface area (Å²) < 4.78 is 0. The van der Waals surface area contributed by atoms with E-state index in [4.69, 9.17) is 5.73 Å². The lowest BCUT2D eigenvalue weighted by atomic mass is 9.89. The number of anilines is 1.